The van der Waals surface area contributed by atoms with Crippen molar-refractivity contribution < 1.29 is 22.8 Å². The number of nitrogens with two attached hydrogens (primary N) is 1. The molecule has 0 unspecified atom stereocenters. The van der Waals surface area contributed by atoms with Gasteiger partial charge in [-0.2, -0.15) is 4.98 Å². The van der Waals surface area contributed by atoms with Gasteiger partial charge in [-0.25, -0.2) is 18.7 Å². The topological polar surface area (TPSA) is 127 Å². The maximum atomic E-state index is 14.4. The minimum atomic E-state index is -0.502. The van der Waals surface area contributed by atoms with Crippen LogP contribution in [0.1, 0.15) is 53.3 Å². The van der Waals surface area contributed by atoms with E-state index in [0.717, 1.165) is 37.8 Å². The summed E-state index contributed by atoms with van der Waals surface area (Å²) >= 11 is 0. The van der Waals surface area contributed by atoms with Crippen molar-refractivity contribution in [1.82, 2.24) is 25.0 Å². The Bertz CT molecular complexity index is 1340. The predicted octanol–water partition coefficient (Wildman–Crippen LogP) is 2.49. The molecule has 2 aromatic heterocycles. The zero-order valence-corrected chi connectivity index (χ0v) is 22.2. The lowest BCUT2D eigenvalue weighted by Gasteiger charge is -2.38. The van der Waals surface area contributed by atoms with E-state index in [4.69, 9.17) is 15.0 Å². The highest BCUT2D eigenvalue weighted by Crippen LogP contribution is 2.34. The highest BCUT2D eigenvalue weighted by atomic mass is 19.1. The number of nitrogens with zero attached hydrogens (tertiary/aromatic N) is 7. The number of piperidine rings is 1. The molecule has 212 valence electrons. The van der Waals surface area contributed by atoms with E-state index in [1.807, 2.05) is 14.7 Å². The number of methoxy groups -OCH3 is 1. The van der Waals surface area contributed by atoms with E-state index in [9.17, 15) is 13.6 Å². The van der Waals surface area contributed by atoms with Crippen LogP contribution in [0.3, 0.4) is 0 Å². The van der Waals surface area contributed by atoms with Gasteiger partial charge in [-0.3, -0.25) is 4.79 Å². The fourth-order valence-corrected chi connectivity index (χ4v) is 5.74. The molecule has 1 saturated carbocycles. The Labute approximate surface area is 230 Å². The molecular weight excluding hydrogens is 522 g/mol. The van der Waals surface area contributed by atoms with Crippen LogP contribution in [-0.4, -0.2) is 82.3 Å². The van der Waals surface area contributed by atoms with Gasteiger partial charge in [-0.05, 0) is 49.4 Å². The number of aromatic nitrogens is 4. The lowest BCUT2D eigenvalue weighted by molar-refractivity contribution is 0.0628. The molecule has 40 heavy (non-hydrogen) atoms. The molecule has 6 rings (SSSR count). The minimum absolute atomic E-state index is 0.0782. The summed E-state index contributed by atoms with van der Waals surface area (Å²) in [5, 5.41) is 3.93. The van der Waals surface area contributed by atoms with Crippen molar-refractivity contribution in [1.29, 1.82) is 0 Å². The molecule has 1 aromatic carbocycles. The second-order valence-corrected chi connectivity index (χ2v) is 10.7. The van der Waals surface area contributed by atoms with Gasteiger partial charge in [-0.1, -0.05) is 5.16 Å². The van der Waals surface area contributed by atoms with Gasteiger partial charge in [0.05, 0.1) is 5.56 Å². The van der Waals surface area contributed by atoms with E-state index in [-0.39, 0.29) is 23.6 Å². The van der Waals surface area contributed by atoms with Gasteiger partial charge in [0.15, 0.2) is 5.82 Å². The molecule has 0 spiro atoms. The zero-order chi connectivity index (χ0) is 27.8. The van der Waals surface area contributed by atoms with Crippen molar-refractivity contribution in [2.24, 2.45) is 5.73 Å². The molecule has 3 aliphatic rings. The molecule has 2 atom stereocenters. The Morgan fingerprint density at radius 1 is 1.10 bits per heavy atom. The highest BCUT2D eigenvalue weighted by Gasteiger charge is 2.40. The van der Waals surface area contributed by atoms with Crippen molar-refractivity contribution in [3.63, 3.8) is 0 Å². The second-order valence-electron chi connectivity index (χ2n) is 10.7. The van der Waals surface area contributed by atoms with Crippen LogP contribution in [0.5, 0.6) is 0 Å². The predicted molar refractivity (Wildman–Crippen MR) is 141 cm³/mol. The summed E-state index contributed by atoms with van der Waals surface area (Å²) in [4.78, 5) is 32.8. The van der Waals surface area contributed by atoms with Crippen LogP contribution in [-0.2, 0) is 11.3 Å². The summed E-state index contributed by atoms with van der Waals surface area (Å²) in [6, 6.07) is 3.80. The maximum absolute atomic E-state index is 14.4. The number of carbonyl (C=O) groups excluding carboxylic acids is 1. The molecule has 0 radical (unpaired) electrons. The maximum Gasteiger partial charge on any atom is 0.324 e. The molecule has 2 N–H and O–H groups in total. The number of hydrogen-bond acceptors (Lipinski definition) is 10. The highest BCUT2D eigenvalue weighted by molar-refractivity contribution is 5.94. The molecule has 1 amide bonds. The number of hydrogen-bond donors (Lipinski definition) is 1. The Morgan fingerprint density at radius 2 is 1.82 bits per heavy atom. The van der Waals surface area contributed by atoms with E-state index >= 15 is 0 Å². The molecule has 4 heterocycles. The van der Waals surface area contributed by atoms with E-state index in [1.165, 1.54) is 6.07 Å². The number of benzene rings is 1. The summed E-state index contributed by atoms with van der Waals surface area (Å²) in [7, 11) is 1.58. The molecule has 13 heteroatoms. The zero-order valence-electron chi connectivity index (χ0n) is 22.2. The van der Waals surface area contributed by atoms with Gasteiger partial charge < -0.3 is 29.7 Å². The summed E-state index contributed by atoms with van der Waals surface area (Å²) in [6.45, 7) is 2.45. The largest absolute Gasteiger partial charge is 0.377 e. The molecule has 11 nitrogen and oxygen atoms in total. The lowest BCUT2D eigenvalue weighted by atomic mass is 9.94. The van der Waals surface area contributed by atoms with Gasteiger partial charge >= 0.3 is 6.01 Å². The summed E-state index contributed by atoms with van der Waals surface area (Å²) in [5.41, 5.74) is 6.97. The Hall–Kier alpha value is -3.71. The molecule has 2 saturated heterocycles. The molecule has 1 aliphatic carbocycles. The van der Waals surface area contributed by atoms with Gasteiger partial charge in [0.1, 0.15) is 18.2 Å². The van der Waals surface area contributed by atoms with Crippen molar-refractivity contribution >= 4 is 17.9 Å². The average molecular weight is 555 g/mol. The Kier molecular flexibility index (Phi) is 7.32. The second kappa shape index (κ2) is 11.0. The first-order valence-electron chi connectivity index (χ1n) is 13.6. The van der Waals surface area contributed by atoms with Gasteiger partial charge in [0.25, 0.3) is 5.91 Å². The SMILES string of the molecule is COCc1noc(N2CCC(N(C(=O)c3cnc(N4C[C@H](c5cc(F)ccc5F)[C@@H](N)C4)nc3)C3CC3)CC2)n1. The van der Waals surface area contributed by atoms with Crippen molar-refractivity contribution in [2.75, 3.05) is 43.1 Å². The lowest BCUT2D eigenvalue weighted by Crippen LogP contribution is -2.48. The van der Waals surface area contributed by atoms with Crippen molar-refractivity contribution in [3.05, 3.63) is 59.2 Å². The fourth-order valence-electron chi connectivity index (χ4n) is 5.74. The first-order valence-corrected chi connectivity index (χ1v) is 13.6. The molecule has 2 aliphatic heterocycles. The van der Waals surface area contributed by atoms with Crippen LogP contribution < -0.4 is 15.5 Å². The van der Waals surface area contributed by atoms with Crippen LogP contribution in [0, 0.1) is 11.6 Å². The van der Waals surface area contributed by atoms with E-state index in [1.54, 1.807) is 19.5 Å². The molecule has 3 fully saturated rings. The monoisotopic (exact) mass is 554 g/mol. The van der Waals surface area contributed by atoms with Crippen LogP contribution >= 0.6 is 0 Å². The standard InChI is InChI=1S/C27H32F2N8O3/c1-39-15-24-33-27(40-34-24)35-8-6-19(7-9-35)37(18-3-4-18)25(38)16-11-31-26(32-12-16)36-13-21(23(30)14-36)20-10-17(28)2-5-22(20)29/h2,5,10-12,18-19,21,23H,3-4,6-9,13-15,30H2,1H3/t21-,23+/m1/s1. The van der Waals surface area contributed by atoms with Crippen LogP contribution in [0.2, 0.25) is 0 Å². The van der Waals surface area contributed by atoms with Gasteiger partial charge in [0, 0.05) is 69.7 Å². The van der Waals surface area contributed by atoms with Crippen LogP contribution in [0.25, 0.3) is 0 Å². The van der Waals surface area contributed by atoms with E-state index in [2.05, 4.69) is 20.1 Å². The summed E-state index contributed by atoms with van der Waals surface area (Å²) in [5.74, 6) is -0.543. The number of anilines is 2. The summed E-state index contributed by atoms with van der Waals surface area (Å²) in [6.07, 6.45) is 6.64. The average Bonchev–Trinajstić information content (AvgIpc) is 3.55. The number of rotatable bonds is 8. The third-order valence-electron chi connectivity index (χ3n) is 7.92. The normalized spacial score (nSPS) is 21.7. The quantitative estimate of drug-likeness (QED) is 0.444. The molecule has 0 bridgehead atoms. The van der Waals surface area contributed by atoms with Crippen LogP contribution in [0.15, 0.2) is 35.1 Å². The minimum Gasteiger partial charge on any atom is -0.377 e. The number of ether oxygens (including phenoxy) is 1. The van der Waals surface area contributed by atoms with Gasteiger partial charge in [-0.15, -0.1) is 0 Å². The third-order valence-corrected chi connectivity index (χ3v) is 7.92. The first-order chi connectivity index (χ1) is 19.4. The number of halogens is 2. The third kappa shape index (κ3) is 5.35. The van der Waals surface area contributed by atoms with Crippen LogP contribution in [0.4, 0.5) is 20.7 Å². The number of amides is 1. The Morgan fingerprint density at radius 3 is 2.52 bits per heavy atom. The number of carbonyl (C=O) groups is 1. The van der Waals surface area contributed by atoms with E-state index in [0.29, 0.717) is 56.1 Å². The van der Waals surface area contributed by atoms with Gasteiger partial charge in [0.2, 0.25) is 5.95 Å². The Balaban J connectivity index is 1.10. The molecule has 3 aromatic rings. The van der Waals surface area contributed by atoms with Crippen molar-refractivity contribution in [2.45, 2.75) is 56.3 Å². The van der Waals surface area contributed by atoms with Crippen molar-refractivity contribution in [3.8, 4) is 0 Å². The first kappa shape index (κ1) is 26.5. The molecular formula is C27H32F2N8O3. The smallest absolute Gasteiger partial charge is 0.324 e. The summed E-state index contributed by atoms with van der Waals surface area (Å²) < 4.78 is 38.6. The fraction of sp³-hybridized carbons (Fsp3) is 0.519. The van der Waals surface area contributed by atoms with E-state index < -0.39 is 23.6 Å².